The van der Waals surface area contributed by atoms with Gasteiger partial charge >= 0.3 is 6.03 Å². The number of benzene rings is 1. The van der Waals surface area contributed by atoms with Gasteiger partial charge in [0.2, 0.25) is 5.91 Å². The van der Waals surface area contributed by atoms with Gasteiger partial charge in [0.1, 0.15) is 18.1 Å². The van der Waals surface area contributed by atoms with Crippen LogP contribution in [0.15, 0.2) is 48.7 Å². The first kappa shape index (κ1) is 20.0. The Kier molecular flexibility index (Phi) is 6.02. The Morgan fingerprint density at radius 2 is 1.77 bits per heavy atom. The summed E-state index contributed by atoms with van der Waals surface area (Å²) in [6.45, 7) is 6.55. The van der Waals surface area contributed by atoms with E-state index in [1.54, 1.807) is 16.0 Å². The molecule has 2 aliphatic rings. The maximum absolute atomic E-state index is 12.8. The Labute approximate surface area is 176 Å². The van der Waals surface area contributed by atoms with Crippen molar-refractivity contribution in [3.05, 3.63) is 48.7 Å². The molecule has 8 nitrogen and oxygen atoms in total. The molecule has 2 saturated heterocycles. The predicted octanol–water partition coefficient (Wildman–Crippen LogP) is 2.07. The smallest absolute Gasteiger partial charge is 0.325 e. The van der Waals surface area contributed by atoms with E-state index in [4.69, 9.17) is 4.74 Å². The minimum absolute atomic E-state index is 0.00226. The summed E-state index contributed by atoms with van der Waals surface area (Å²) in [6.07, 6.45) is 1.78. The van der Waals surface area contributed by atoms with Crippen LogP contribution in [-0.4, -0.2) is 79.1 Å². The maximum Gasteiger partial charge on any atom is 0.325 e. The fourth-order valence-corrected chi connectivity index (χ4v) is 3.85. The van der Waals surface area contributed by atoms with E-state index < -0.39 is 0 Å². The van der Waals surface area contributed by atoms with Crippen LogP contribution in [0.25, 0.3) is 0 Å². The third kappa shape index (κ3) is 4.32. The van der Waals surface area contributed by atoms with Crippen molar-refractivity contribution >= 4 is 23.4 Å². The third-order valence-corrected chi connectivity index (χ3v) is 5.49. The summed E-state index contributed by atoms with van der Waals surface area (Å²) in [6, 6.07) is 13.2. The highest BCUT2D eigenvalue weighted by Crippen LogP contribution is 2.23. The average Bonchev–Trinajstić information content (AvgIpc) is 3.15. The summed E-state index contributed by atoms with van der Waals surface area (Å²) in [5.74, 6) is 1.72. The molecule has 8 heteroatoms. The van der Waals surface area contributed by atoms with Crippen molar-refractivity contribution < 1.29 is 14.3 Å². The zero-order valence-corrected chi connectivity index (χ0v) is 17.2. The van der Waals surface area contributed by atoms with Gasteiger partial charge < -0.3 is 19.4 Å². The molecule has 158 valence electrons. The number of amides is 3. The highest BCUT2D eigenvalue weighted by atomic mass is 16.5. The summed E-state index contributed by atoms with van der Waals surface area (Å²) in [5.41, 5.74) is 0.822. The second-order valence-corrected chi connectivity index (χ2v) is 7.34. The minimum Gasteiger partial charge on any atom is -0.494 e. The number of hydrogen-bond donors (Lipinski definition) is 0. The lowest BCUT2D eigenvalue weighted by Crippen LogP contribution is -2.51. The first-order valence-corrected chi connectivity index (χ1v) is 10.4. The van der Waals surface area contributed by atoms with Gasteiger partial charge in [-0.3, -0.25) is 9.69 Å². The number of piperazine rings is 1. The number of ether oxygens (including phenoxy) is 1. The van der Waals surface area contributed by atoms with Gasteiger partial charge in [0.25, 0.3) is 0 Å². The third-order valence-electron chi connectivity index (χ3n) is 5.49. The van der Waals surface area contributed by atoms with Gasteiger partial charge in [-0.25, -0.2) is 9.78 Å². The fraction of sp³-hybridized carbons (Fsp3) is 0.409. The van der Waals surface area contributed by atoms with Crippen LogP contribution < -0.4 is 14.5 Å². The Bertz CT molecular complexity index is 866. The highest BCUT2D eigenvalue weighted by Gasteiger charge is 2.32. The molecule has 0 saturated carbocycles. The quantitative estimate of drug-likeness (QED) is 0.731. The first-order chi connectivity index (χ1) is 14.7. The van der Waals surface area contributed by atoms with Gasteiger partial charge in [-0.2, -0.15) is 0 Å². The highest BCUT2D eigenvalue weighted by molar-refractivity contribution is 5.96. The number of nitrogens with zero attached hydrogens (tertiary/aromatic N) is 5. The van der Waals surface area contributed by atoms with Gasteiger partial charge in [0, 0.05) is 51.2 Å². The van der Waals surface area contributed by atoms with Gasteiger partial charge in [0.15, 0.2) is 0 Å². The number of carbonyl (C=O) groups is 2. The Balaban J connectivity index is 1.29. The van der Waals surface area contributed by atoms with Crippen LogP contribution in [0, 0.1) is 0 Å². The van der Waals surface area contributed by atoms with E-state index in [1.807, 2.05) is 54.3 Å². The first-order valence-electron chi connectivity index (χ1n) is 10.4. The molecule has 0 unspecified atom stereocenters. The molecule has 0 radical (unpaired) electrons. The molecule has 0 aliphatic carbocycles. The van der Waals surface area contributed by atoms with Crippen molar-refractivity contribution in [1.29, 1.82) is 0 Å². The number of carbonyl (C=O) groups excluding carboxylic acids is 2. The van der Waals surface area contributed by atoms with E-state index in [9.17, 15) is 9.59 Å². The molecule has 0 bridgehead atoms. The maximum atomic E-state index is 12.8. The van der Waals surface area contributed by atoms with Crippen molar-refractivity contribution in [2.24, 2.45) is 0 Å². The molecule has 1 aromatic heterocycles. The van der Waals surface area contributed by atoms with Gasteiger partial charge in [0.05, 0.1) is 6.61 Å². The predicted molar refractivity (Wildman–Crippen MR) is 115 cm³/mol. The molecule has 2 fully saturated rings. The van der Waals surface area contributed by atoms with Crippen LogP contribution >= 0.6 is 0 Å². The molecule has 3 amide bonds. The van der Waals surface area contributed by atoms with Gasteiger partial charge in [-0.15, -0.1) is 0 Å². The molecule has 2 aromatic rings. The molecular formula is C22H27N5O3. The van der Waals surface area contributed by atoms with Crippen molar-refractivity contribution in [3.8, 4) is 5.75 Å². The molecule has 0 N–H and O–H groups in total. The monoisotopic (exact) mass is 409 g/mol. The number of urea groups is 1. The van der Waals surface area contributed by atoms with Crippen molar-refractivity contribution in [1.82, 2.24) is 14.8 Å². The molecule has 4 rings (SSSR count). The zero-order chi connectivity index (χ0) is 20.9. The van der Waals surface area contributed by atoms with Gasteiger partial charge in [-0.1, -0.05) is 6.07 Å². The summed E-state index contributed by atoms with van der Waals surface area (Å²) in [5, 5.41) is 0. The summed E-state index contributed by atoms with van der Waals surface area (Å²) >= 11 is 0. The molecule has 2 aliphatic heterocycles. The van der Waals surface area contributed by atoms with Crippen molar-refractivity contribution in [2.45, 2.75) is 6.92 Å². The van der Waals surface area contributed by atoms with E-state index >= 15 is 0 Å². The molecule has 0 spiro atoms. The van der Waals surface area contributed by atoms with E-state index in [-0.39, 0.29) is 18.5 Å². The second kappa shape index (κ2) is 9.02. The van der Waals surface area contributed by atoms with E-state index in [1.165, 1.54) is 0 Å². The summed E-state index contributed by atoms with van der Waals surface area (Å²) in [7, 11) is 0. The lowest BCUT2D eigenvalue weighted by atomic mass is 10.3. The Hall–Kier alpha value is -3.29. The molecule has 3 heterocycles. The minimum atomic E-state index is -0.125. The number of hydrogen-bond acceptors (Lipinski definition) is 5. The average molecular weight is 409 g/mol. The van der Waals surface area contributed by atoms with Crippen LogP contribution in [0.2, 0.25) is 0 Å². The van der Waals surface area contributed by atoms with Crippen molar-refractivity contribution in [3.63, 3.8) is 0 Å². The lowest BCUT2D eigenvalue weighted by molar-refractivity contribution is -0.131. The summed E-state index contributed by atoms with van der Waals surface area (Å²) in [4.78, 5) is 37.3. The Morgan fingerprint density at radius 3 is 2.43 bits per heavy atom. The Morgan fingerprint density at radius 1 is 1.00 bits per heavy atom. The topological polar surface area (TPSA) is 69.2 Å². The summed E-state index contributed by atoms with van der Waals surface area (Å²) < 4.78 is 5.46. The standard InChI is InChI=1S/C22H27N5O3/c1-2-30-19-8-6-18(7-9-19)27-16-15-26(22(27)29)17-21(28)25-13-11-24(12-14-25)20-5-3-4-10-23-20/h3-10H,2,11-17H2,1H3. The van der Waals surface area contributed by atoms with E-state index in [0.717, 1.165) is 30.3 Å². The number of anilines is 2. The second-order valence-electron chi connectivity index (χ2n) is 7.34. The number of rotatable bonds is 6. The van der Waals surface area contributed by atoms with Crippen LogP contribution in [0.3, 0.4) is 0 Å². The van der Waals surface area contributed by atoms with Crippen LogP contribution in [-0.2, 0) is 4.79 Å². The molecule has 0 atom stereocenters. The van der Waals surface area contributed by atoms with Crippen LogP contribution in [0.5, 0.6) is 5.75 Å². The molecule has 30 heavy (non-hydrogen) atoms. The van der Waals surface area contributed by atoms with Crippen molar-refractivity contribution in [2.75, 3.05) is 62.2 Å². The van der Waals surface area contributed by atoms with Crippen LogP contribution in [0.4, 0.5) is 16.3 Å². The van der Waals surface area contributed by atoms with E-state index in [2.05, 4.69) is 9.88 Å². The normalized spacial score (nSPS) is 16.9. The molecule has 1 aromatic carbocycles. The SMILES string of the molecule is CCOc1ccc(N2CCN(CC(=O)N3CCN(c4ccccn4)CC3)C2=O)cc1. The fourth-order valence-electron chi connectivity index (χ4n) is 3.85. The number of aromatic nitrogens is 1. The lowest BCUT2D eigenvalue weighted by Gasteiger charge is -2.36. The molecular weight excluding hydrogens is 382 g/mol. The van der Waals surface area contributed by atoms with Gasteiger partial charge in [-0.05, 0) is 43.3 Å². The largest absolute Gasteiger partial charge is 0.494 e. The van der Waals surface area contributed by atoms with E-state index in [0.29, 0.717) is 32.8 Å². The number of pyridine rings is 1. The zero-order valence-electron chi connectivity index (χ0n) is 17.2. The van der Waals surface area contributed by atoms with Crippen LogP contribution in [0.1, 0.15) is 6.92 Å².